The summed E-state index contributed by atoms with van der Waals surface area (Å²) < 4.78 is 49.4. The van der Waals surface area contributed by atoms with Gasteiger partial charge in [0.25, 0.3) is 0 Å². The maximum absolute atomic E-state index is 12.8. The summed E-state index contributed by atoms with van der Waals surface area (Å²) in [6.45, 7) is 0. The molecular weight excluding hydrogens is 453 g/mol. The number of carboxylic acid groups (broad SMARTS) is 2. The molecule has 10 heteroatoms. The zero-order valence-electron chi connectivity index (χ0n) is 16.0. The third-order valence-corrected chi connectivity index (χ3v) is 4.55. The molecular formula is C22H14ClF3O6. The van der Waals surface area contributed by atoms with Crippen molar-refractivity contribution in [3.05, 3.63) is 88.4 Å². The Labute approximate surface area is 184 Å². The second-order valence-electron chi connectivity index (χ2n) is 6.45. The minimum atomic E-state index is -4.63. The SMILES string of the molecule is O=C(O)c1cc(Oc2ccc(C(F)(F)F)c(Cl)c2)ccc1OC(C(=O)O)c1ccccc1. The van der Waals surface area contributed by atoms with Crippen molar-refractivity contribution >= 4 is 23.5 Å². The molecule has 3 rings (SSSR count). The van der Waals surface area contributed by atoms with E-state index in [1.165, 1.54) is 24.3 Å². The van der Waals surface area contributed by atoms with Gasteiger partial charge in [0.15, 0.2) is 0 Å². The molecule has 0 aliphatic carbocycles. The van der Waals surface area contributed by atoms with Gasteiger partial charge in [-0.05, 0) is 30.3 Å². The van der Waals surface area contributed by atoms with Gasteiger partial charge in [-0.15, -0.1) is 0 Å². The number of rotatable bonds is 7. The number of carboxylic acids is 2. The third-order valence-electron chi connectivity index (χ3n) is 4.23. The van der Waals surface area contributed by atoms with Crippen molar-refractivity contribution in [1.82, 2.24) is 0 Å². The van der Waals surface area contributed by atoms with Crippen LogP contribution in [0.1, 0.15) is 27.6 Å². The number of carbonyl (C=O) groups is 2. The van der Waals surface area contributed by atoms with Crippen LogP contribution in [0.2, 0.25) is 5.02 Å². The van der Waals surface area contributed by atoms with E-state index in [0.29, 0.717) is 5.56 Å². The van der Waals surface area contributed by atoms with E-state index < -0.39 is 40.4 Å². The molecule has 1 unspecified atom stereocenters. The smallest absolute Gasteiger partial charge is 0.417 e. The molecule has 3 aromatic carbocycles. The summed E-state index contributed by atoms with van der Waals surface area (Å²) in [6, 6.07) is 14.2. The normalized spacial score (nSPS) is 12.1. The summed E-state index contributed by atoms with van der Waals surface area (Å²) in [4.78, 5) is 23.3. The Balaban J connectivity index is 1.89. The monoisotopic (exact) mass is 466 g/mol. The summed E-state index contributed by atoms with van der Waals surface area (Å²) in [6.07, 6.45) is -6.10. The third kappa shape index (κ3) is 5.30. The Morgan fingerprint density at radius 1 is 0.906 bits per heavy atom. The molecule has 2 N–H and O–H groups in total. The zero-order valence-corrected chi connectivity index (χ0v) is 16.7. The van der Waals surface area contributed by atoms with Crippen LogP contribution in [0, 0.1) is 0 Å². The van der Waals surface area contributed by atoms with Crippen LogP contribution >= 0.6 is 11.6 Å². The van der Waals surface area contributed by atoms with E-state index in [4.69, 9.17) is 21.1 Å². The van der Waals surface area contributed by atoms with E-state index in [2.05, 4.69) is 0 Å². The molecule has 0 fully saturated rings. The highest BCUT2D eigenvalue weighted by molar-refractivity contribution is 6.31. The van der Waals surface area contributed by atoms with Crippen molar-refractivity contribution in [3.8, 4) is 17.2 Å². The van der Waals surface area contributed by atoms with Gasteiger partial charge in [-0.2, -0.15) is 13.2 Å². The molecule has 0 aromatic heterocycles. The van der Waals surface area contributed by atoms with E-state index in [-0.39, 0.29) is 17.2 Å². The molecule has 1 atom stereocenters. The van der Waals surface area contributed by atoms with Crippen LogP contribution < -0.4 is 9.47 Å². The van der Waals surface area contributed by atoms with Gasteiger partial charge in [-0.1, -0.05) is 41.9 Å². The number of benzene rings is 3. The summed E-state index contributed by atoms with van der Waals surface area (Å²) in [5.41, 5.74) is -1.14. The first-order valence-corrected chi connectivity index (χ1v) is 9.30. The van der Waals surface area contributed by atoms with E-state index >= 15 is 0 Å². The fourth-order valence-corrected chi connectivity index (χ4v) is 3.06. The number of hydrogen-bond donors (Lipinski definition) is 2. The molecule has 0 amide bonds. The van der Waals surface area contributed by atoms with Gasteiger partial charge >= 0.3 is 18.1 Å². The van der Waals surface area contributed by atoms with E-state index in [0.717, 1.165) is 24.3 Å². The molecule has 0 saturated heterocycles. The summed E-state index contributed by atoms with van der Waals surface area (Å²) in [5, 5.41) is 18.4. The lowest BCUT2D eigenvalue weighted by molar-refractivity contribution is -0.145. The Morgan fingerprint density at radius 2 is 1.53 bits per heavy atom. The van der Waals surface area contributed by atoms with Crippen LogP contribution in [0.5, 0.6) is 17.2 Å². The highest BCUT2D eigenvalue weighted by Crippen LogP contribution is 2.38. The molecule has 6 nitrogen and oxygen atoms in total. The van der Waals surface area contributed by atoms with Gasteiger partial charge in [0.05, 0.1) is 10.6 Å². The first kappa shape index (κ1) is 23.0. The molecule has 0 radical (unpaired) electrons. The van der Waals surface area contributed by atoms with Gasteiger partial charge in [0, 0.05) is 11.6 Å². The molecule has 0 bridgehead atoms. The summed E-state index contributed by atoms with van der Waals surface area (Å²) >= 11 is 5.66. The van der Waals surface area contributed by atoms with Crippen LogP contribution in [0.3, 0.4) is 0 Å². The number of ether oxygens (including phenoxy) is 2. The topological polar surface area (TPSA) is 93.1 Å². The largest absolute Gasteiger partial charge is 0.478 e. The van der Waals surface area contributed by atoms with Crippen LogP contribution in [0.25, 0.3) is 0 Å². The molecule has 32 heavy (non-hydrogen) atoms. The van der Waals surface area contributed by atoms with Gasteiger partial charge in [0.2, 0.25) is 6.10 Å². The summed E-state index contributed by atoms with van der Waals surface area (Å²) in [5.74, 6) is -3.07. The average molecular weight is 467 g/mol. The second-order valence-corrected chi connectivity index (χ2v) is 6.86. The standard InChI is InChI=1S/C22H14ClF3O6/c23-17-11-14(6-8-16(17)22(24,25)26)31-13-7-9-18(15(10-13)20(27)28)32-19(21(29)30)12-4-2-1-3-5-12/h1-11,19H,(H,27,28)(H,29,30). The molecule has 166 valence electrons. The Kier molecular flexibility index (Phi) is 6.59. The minimum absolute atomic E-state index is 0.0304. The van der Waals surface area contributed by atoms with Crippen LogP contribution in [-0.4, -0.2) is 22.2 Å². The highest BCUT2D eigenvalue weighted by atomic mass is 35.5. The molecule has 0 aliphatic rings. The van der Waals surface area contributed by atoms with E-state index in [1.54, 1.807) is 18.2 Å². The highest BCUT2D eigenvalue weighted by Gasteiger charge is 2.33. The molecule has 0 aliphatic heterocycles. The number of aromatic carboxylic acids is 1. The van der Waals surface area contributed by atoms with E-state index in [1.807, 2.05) is 0 Å². The van der Waals surface area contributed by atoms with Gasteiger partial charge in [-0.3, -0.25) is 0 Å². The Morgan fingerprint density at radius 3 is 2.09 bits per heavy atom. The van der Waals surface area contributed by atoms with Crippen molar-refractivity contribution in [1.29, 1.82) is 0 Å². The summed E-state index contributed by atoms with van der Waals surface area (Å²) in [7, 11) is 0. The lowest BCUT2D eigenvalue weighted by Crippen LogP contribution is -2.19. The maximum atomic E-state index is 12.8. The minimum Gasteiger partial charge on any atom is -0.478 e. The van der Waals surface area contributed by atoms with Crippen LogP contribution in [-0.2, 0) is 11.0 Å². The number of hydrogen-bond acceptors (Lipinski definition) is 4. The predicted molar refractivity (Wildman–Crippen MR) is 107 cm³/mol. The second kappa shape index (κ2) is 9.19. The first-order valence-electron chi connectivity index (χ1n) is 8.92. The fraction of sp³-hybridized carbons (Fsp3) is 0.0909. The van der Waals surface area contributed by atoms with Crippen molar-refractivity contribution in [2.24, 2.45) is 0 Å². The molecule has 0 saturated carbocycles. The molecule has 0 spiro atoms. The quantitative estimate of drug-likeness (QED) is 0.440. The van der Waals surface area contributed by atoms with Gasteiger partial charge in [-0.25, -0.2) is 9.59 Å². The van der Waals surface area contributed by atoms with Crippen LogP contribution in [0.15, 0.2) is 66.7 Å². The fourth-order valence-electron chi connectivity index (χ4n) is 2.78. The van der Waals surface area contributed by atoms with Crippen molar-refractivity contribution < 1.29 is 42.4 Å². The van der Waals surface area contributed by atoms with Crippen molar-refractivity contribution in [2.75, 3.05) is 0 Å². The number of alkyl halides is 3. The maximum Gasteiger partial charge on any atom is 0.417 e. The average Bonchev–Trinajstić information content (AvgIpc) is 2.72. The van der Waals surface area contributed by atoms with Crippen LogP contribution in [0.4, 0.5) is 13.2 Å². The van der Waals surface area contributed by atoms with Crippen molar-refractivity contribution in [3.63, 3.8) is 0 Å². The first-order chi connectivity index (χ1) is 15.1. The Bertz CT molecular complexity index is 1150. The lowest BCUT2D eigenvalue weighted by atomic mass is 10.1. The number of halogens is 4. The molecule has 3 aromatic rings. The Hall–Kier alpha value is -3.72. The number of aliphatic carboxylic acids is 1. The van der Waals surface area contributed by atoms with Gasteiger partial charge < -0.3 is 19.7 Å². The lowest BCUT2D eigenvalue weighted by Gasteiger charge is -2.18. The van der Waals surface area contributed by atoms with E-state index in [9.17, 15) is 33.0 Å². The predicted octanol–water partition coefficient (Wildman–Crippen LogP) is 6.05. The molecule has 0 heterocycles. The zero-order chi connectivity index (χ0) is 23.5. The van der Waals surface area contributed by atoms with Crippen molar-refractivity contribution in [2.45, 2.75) is 12.3 Å². The van der Waals surface area contributed by atoms with Gasteiger partial charge in [0.1, 0.15) is 22.8 Å².